The lowest BCUT2D eigenvalue weighted by molar-refractivity contribution is 0.0909. The molecule has 6 nitrogen and oxygen atoms in total. The highest BCUT2D eigenvalue weighted by atomic mass is 16.5. The Morgan fingerprint density at radius 1 is 1.11 bits per heavy atom. The van der Waals surface area contributed by atoms with E-state index in [2.05, 4.69) is 17.1 Å². The number of unbranched alkanes of at least 4 members (excludes halogenated alkanes) is 1. The number of rotatable bonds is 10. The molecule has 0 bridgehead atoms. The number of nitrogens with zero attached hydrogens (tertiary/aromatic N) is 1. The van der Waals surface area contributed by atoms with E-state index in [1.165, 1.54) is 0 Å². The second kappa shape index (κ2) is 12.0. The molecule has 6 heteroatoms. The Labute approximate surface area is 207 Å². The van der Waals surface area contributed by atoms with Crippen molar-refractivity contribution in [2.75, 3.05) is 26.2 Å². The van der Waals surface area contributed by atoms with E-state index in [9.17, 15) is 9.59 Å². The first kappa shape index (κ1) is 25.0. The number of benzene rings is 2. The number of carbonyl (C=O) groups excluding carboxylic acids is 1. The zero-order valence-corrected chi connectivity index (χ0v) is 20.8. The molecule has 1 aliphatic heterocycles. The smallest absolute Gasteiger partial charge is 0.339 e. The molecule has 1 fully saturated rings. The molecule has 1 N–H and O–H groups in total. The van der Waals surface area contributed by atoms with Crippen molar-refractivity contribution in [2.45, 2.75) is 58.4 Å². The monoisotopic (exact) mass is 476 g/mol. The third kappa shape index (κ3) is 6.51. The molecule has 0 unspecified atom stereocenters. The number of ether oxygens (including phenoxy) is 1. The van der Waals surface area contributed by atoms with Crippen molar-refractivity contribution in [3.8, 4) is 5.75 Å². The number of hydrogen-bond acceptors (Lipinski definition) is 5. The van der Waals surface area contributed by atoms with Gasteiger partial charge in [0.15, 0.2) is 0 Å². The molecule has 3 aromatic rings. The Hall–Kier alpha value is -3.12. The third-order valence-electron chi connectivity index (χ3n) is 6.89. The molecule has 186 valence electrons. The normalized spacial score (nSPS) is 14.8. The van der Waals surface area contributed by atoms with Crippen LogP contribution in [0.5, 0.6) is 5.75 Å². The molecular formula is C29H36N2O4. The minimum absolute atomic E-state index is 0.0102. The van der Waals surface area contributed by atoms with E-state index in [-0.39, 0.29) is 17.6 Å². The maximum absolute atomic E-state index is 12.4. The number of fused-ring (bicyclic) bond motifs is 1. The van der Waals surface area contributed by atoms with Crippen molar-refractivity contribution < 1.29 is 13.9 Å². The minimum Gasteiger partial charge on any atom is -0.493 e. The van der Waals surface area contributed by atoms with Crippen molar-refractivity contribution in [1.29, 1.82) is 0 Å². The number of aryl methyl sites for hydroxylation is 1. The molecule has 0 spiro atoms. The molecule has 2 aromatic carbocycles. The SMILES string of the molecule is CCCCc1c(C)c2ccc(OCCCN3CCC(NC(=O)c4ccccc4)CC3)cc2oc1=O. The van der Waals surface area contributed by atoms with Gasteiger partial charge in [0.05, 0.1) is 6.61 Å². The van der Waals surface area contributed by atoms with E-state index in [0.29, 0.717) is 17.8 Å². The topological polar surface area (TPSA) is 71.8 Å². The summed E-state index contributed by atoms with van der Waals surface area (Å²) in [5.41, 5.74) is 2.87. The fourth-order valence-electron chi connectivity index (χ4n) is 4.74. The molecule has 1 saturated heterocycles. The Morgan fingerprint density at radius 3 is 2.63 bits per heavy atom. The average Bonchev–Trinajstić information content (AvgIpc) is 2.88. The highest BCUT2D eigenvalue weighted by Gasteiger charge is 2.21. The molecule has 2 heterocycles. The summed E-state index contributed by atoms with van der Waals surface area (Å²) in [6.07, 6.45) is 5.63. The molecule has 1 aliphatic rings. The van der Waals surface area contributed by atoms with E-state index >= 15 is 0 Å². The van der Waals surface area contributed by atoms with Gasteiger partial charge in [0.2, 0.25) is 0 Å². The predicted octanol–water partition coefficient (Wildman–Crippen LogP) is 5.11. The largest absolute Gasteiger partial charge is 0.493 e. The third-order valence-corrected chi connectivity index (χ3v) is 6.89. The van der Waals surface area contributed by atoms with Gasteiger partial charge in [-0.1, -0.05) is 31.5 Å². The predicted molar refractivity (Wildman–Crippen MR) is 139 cm³/mol. The maximum Gasteiger partial charge on any atom is 0.339 e. The summed E-state index contributed by atoms with van der Waals surface area (Å²) in [6.45, 7) is 7.63. The lowest BCUT2D eigenvalue weighted by Gasteiger charge is -2.32. The molecule has 0 saturated carbocycles. The van der Waals surface area contributed by atoms with E-state index in [1.807, 2.05) is 55.5 Å². The van der Waals surface area contributed by atoms with E-state index in [1.54, 1.807) is 0 Å². The van der Waals surface area contributed by atoms with Crippen molar-refractivity contribution >= 4 is 16.9 Å². The Kier molecular flexibility index (Phi) is 8.59. The van der Waals surface area contributed by atoms with Crippen molar-refractivity contribution in [2.24, 2.45) is 0 Å². The average molecular weight is 477 g/mol. The van der Waals surface area contributed by atoms with Crippen LogP contribution in [-0.4, -0.2) is 43.1 Å². The van der Waals surface area contributed by atoms with Crippen molar-refractivity contribution in [1.82, 2.24) is 10.2 Å². The molecule has 0 aliphatic carbocycles. The van der Waals surface area contributed by atoms with Gasteiger partial charge in [-0.2, -0.15) is 0 Å². The summed E-state index contributed by atoms with van der Waals surface area (Å²) in [6, 6.07) is 15.4. The van der Waals surface area contributed by atoms with Crippen LogP contribution in [0.25, 0.3) is 11.0 Å². The van der Waals surface area contributed by atoms with E-state index < -0.39 is 0 Å². The van der Waals surface area contributed by atoms with Gasteiger partial charge in [0.1, 0.15) is 11.3 Å². The minimum atomic E-state index is -0.232. The molecule has 35 heavy (non-hydrogen) atoms. The zero-order valence-electron chi connectivity index (χ0n) is 20.8. The Balaban J connectivity index is 1.21. The molecular weight excluding hydrogens is 440 g/mol. The van der Waals surface area contributed by atoms with Crippen LogP contribution < -0.4 is 15.7 Å². The number of hydrogen-bond donors (Lipinski definition) is 1. The fourth-order valence-corrected chi connectivity index (χ4v) is 4.74. The highest BCUT2D eigenvalue weighted by molar-refractivity contribution is 5.94. The first-order valence-corrected chi connectivity index (χ1v) is 12.8. The number of likely N-dealkylation sites (tertiary alicyclic amines) is 1. The molecule has 0 radical (unpaired) electrons. The maximum atomic E-state index is 12.4. The van der Waals surface area contributed by atoms with Gasteiger partial charge in [-0.05, 0) is 68.9 Å². The first-order chi connectivity index (χ1) is 17.0. The molecule has 1 aromatic heterocycles. The summed E-state index contributed by atoms with van der Waals surface area (Å²) in [4.78, 5) is 27.2. The molecule has 0 atom stereocenters. The summed E-state index contributed by atoms with van der Waals surface area (Å²) in [5.74, 6) is 0.736. The van der Waals surface area contributed by atoms with Crippen LogP contribution in [0.3, 0.4) is 0 Å². The van der Waals surface area contributed by atoms with Crippen LogP contribution in [0.1, 0.15) is 60.5 Å². The van der Waals surface area contributed by atoms with Crippen molar-refractivity contribution in [3.05, 3.63) is 75.6 Å². The van der Waals surface area contributed by atoms with Crippen molar-refractivity contribution in [3.63, 3.8) is 0 Å². The van der Waals surface area contributed by atoms with Crippen LogP contribution in [0.15, 0.2) is 57.7 Å². The second-order valence-corrected chi connectivity index (χ2v) is 9.41. The van der Waals surface area contributed by atoms with Gasteiger partial charge in [0.25, 0.3) is 5.91 Å². The van der Waals surface area contributed by atoms with Gasteiger partial charge in [0, 0.05) is 48.3 Å². The number of piperidine rings is 1. The van der Waals surface area contributed by atoms with Crippen LogP contribution in [0.2, 0.25) is 0 Å². The quantitative estimate of drug-likeness (QED) is 0.325. The van der Waals surface area contributed by atoms with Crippen LogP contribution in [-0.2, 0) is 6.42 Å². The van der Waals surface area contributed by atoms with Gasteiger partial charge in [-0.3, -0.25) is 4.79 Å². The standard InChI is InChI=1S/C29H36N2O4/c1-3-4-11-26-21(2)25-13-12-24(20-27(25)35-29(26)33)34-19-8-16-31-17-14-23(15-18-31)30-28(32)22-9-6-5-7-10-22/h5-7,9-10,12-13,20,23H,3-4,8,11,14-19H2,1-2H3,(H,30,32). The van der Waals surface area contributed by atoms with Gasteiger partial charge in [-0.25, -0.2) is 4.79 Å². The fraction of sp³-hybridized carbons (Fsp3) is 0.448. The number of amides is 1. The first-order valence-electron chi connectivity index (χ1n) is 12.8. The lowest BCUT2D eigenvalue weighted by Crippen LogP contribution is -2.45. The van der Waals surface area contributed by atoms with Gasteiger partial charge < -0.3 is 19.4 Å². The van der Waals surface area contributed by atoms with Gasteiger partial charge in [-0.15, -0.1) is 0 Å². The molecule has 4 rings (SSSR count). The number of nitrogens with one attached hydrogen (secondary N) is 1. The highest BCUT2D eigenvalue weighted by Crippen LogP contribution is 2.25. The van der Waals surface area contributed by atoms with Gasteiger partial charge >= 0.3 is 5.63 Å². The molecule has 1 amide bonds. The van der Waals surface area contributed by atoms with Crippen LogP contribution in [0.4, 0.5) is 0 Å². The van der Waals surface area contributed by atoms with Crippen LogP contribution in [0, 0.1) is 6.92 Å². The lowest BCUT2D eigenvalue weighted by atomic mass is 10.0. The summed E-state index contributed by atoms with van der Waals surface area (Å²) >= 11 is 0. The second-order valence-electron chi connectivity index (χ2n) is 9.41. The number of carbonyl (C=O) groups is 1. The van der Waals surface area contributed by atoms with E-state index in [4.69, 9.17) is 9.15 Å². The summed E-state index contributed by atoms with van der Waals surface area (Å²) in [7, 11) is 0. The Morgan fingerprint density at radius 2 is 1.89 bits per heavy atom. The summed E-state index contributed by atoms with van der Waals surface area (Å²) in [5, 5.41) is 4.14. The zero-order chi connectivity index (χ0) is 24.6. The Bertz CT molecular complexity index is 1180. The van der Waals surface area contributed by atoms with E-state index in [0.717, 1.165) is 80.4 Å². The van der Waals surface area contributed by atoms with Crippen LogP contribution >= 0.6 is 0 Å². The summed E-state index contributed by atoms with van der Waals surface area (Å²) < 4.78 is 11.6.